The van der Waals surface area contributed by atoms with E-state index in [1.54, 1.807) is 27.8 Å². The van der Waals surface area contributed by atoms with Crippen LogP contribution in [-0.4, -0.2) is 41.9 Å². The van der Waals surface area contributed by atoms with Crippen LogP contribution in [0.15, 0.2) is 49.1 Å². The van der Waals surface area contributed by atoms with Crippen LogP contribution in [-0.2, 0) is 7.05 Å². The molecule has 4 heterocycles. The number of fused-ring (bicyclic) bond motifs is 1. The molecule has 0 saturated heterocycles. The van der Waals surface area contributed by atoms with Gasteiger partial charge in [-0.15, -0.1) is 5.10 Å². The highest BCUT2D eigenvalue weighted by molar-refractivity contribution is 5.87. The zero-order valence-corrected chi connectivity index (χ0v) is 14.9. The number of aryl methyl sites for hydroxylation is 1. The van der Waals surface area contributed by atoms with Crippen molar-refractivity contribution in [2.24, 2.45) is 7.05 Å². The molecule has 2 amide bonds. The molecule has 0 bridgehead atoms. The lowest BCUT2D eigenvalue weighted by atomic mass is 10.1. The number of hydrogen-bond acceptors (Lipinski definition) is 5. The fraction of sp³-hybridized carbons (Fsp3) is 0.167. The van der Waals surface area contributed by atoms with Gasteiger partial charge in [-0.25, -0.2) is 9.31 Å². The van der Waals surface area contributed by atoms with Crippen molar-refractivity contribution in [3.8, 4) is 22.4 Å². The van der Waals surface area contributed by atoms with Crippen LogP contribution in [0.5, 0.6) is 0 Å². The van der Waals surface area contributed by atoms with Gasteiger partial charge in [-0.2, -0.15) is 10.1 Å². The van der Waals surface area contributed by atoms with E-state index >= 15 is 0 Å². The van der Waals surface area contributed by atoms with Gasteiger partial charge in [0.25, 0.3) is 5.95 Å². The molecule has 0 radical (unpaired) electrons. The average Bonchev–Trinajstić information content (AvgIpc) is 3.27. The van der Waals surface area contributed by atoms with Crippen LogP contribution in [0.1, 0.15) is 6.92 Å². The van der Waals surface area contributed by atoms with Crippen molar-refractivity contribution in [2.75, 3.05) is 11.9 Å². The Labute approximate surface area is 155 Å². The molecule has 0 aliphatic rings. The Hall–Kier alpha value is -3.75. The van der Waals surface area contributed by atoms with Gasteiger partial charge in [0.05, 0.1) is 11.9 Å². The maximum Gasteiger partial charge on any atom is 0.321 e. The zero-order valence-electron chi connectivity index (χ0n) is 14.9. The molecule has 0 aliphatic heterocycles. The molecule has 0 fully saturated rings. The molecule has 4 rings (SSSR count). The third-order valence-corrected chi connectivity index (χ3v) is 4.00. The first kappa shape index (κ1) is 16.7. The number of amides is 2. The number of hydrogen-bond donors (Lipinski definition) is 2. The fourth-order valence-corrected chi connectivity index (χ4v) is 2.80. The van der Waals surface area contributed by atoms with Crippen LogP contribution >= 0.6 is 0 Å². The van der Waals surface area contributed by atoms with Crippen LogP contribution < -0.4 is 10.6 Å². The number of nitrogens with zero attached hydrogens (tertiary/aromatic N) is 6. The summed E-state index contributed by atoms with van der Waals surface area (Å²) in [7, 11) is 1.86. The van der Waals surface area contributed by atoms with E-state index in [-0.39, 0.29) is 12.0 Å². The van der Waals surface area contributed by atoms with E-state index in [1.165, 1.54) is 0 Å². The van der Waals surface area contributed by atoms with E-state index in [4.69, 9.17) is 0 Å². The Morgan fingerprint density at radius 3 is 2.78 bits per heavy atom. The summed E-state index contributed by atoms with van der Waals surface area (Å²) in [6, 6.07) is 7.44. The summed E-state index contributed by atoms with van der Waals surface area (Å²) in [5, 5.41) is 14.0. The molecule has 2 N–H and O–H groups in total. The normalized spacial score (nSPS) is 10.9. The van der Waals surface area contributed by atoms with Gasteiger partial charge < -0.3 is 5.32 Å². The molecule has 4 aromatic rings. The maximum atomic E-state index is 11.8. The molecule has 9 nitrogen and oxygen atoms in total. The minimum atomic E-state index is -0.344. The minimum absolute atomic E-state index is 0.231. The SMILES string of the molecule is CCNC(=O)Nc1nc2cc(-c3cccnc3)cc(-c3cnn(C)c3)n2n1. The van der Waals surface area contributed by atoms with Gasteiger partial charge in [0.2, 0.25) is 0 Å². The van der Waals surface area contributed by atoms with Gasteiger partial charge in [-0.3, -0.25) is 15.0 Å². The molecule has 0 aromatic carbocycles. The standard InChI is InChI=1S/C18H18N8O/c1-3-20-18(27)23-17-22-16-8-13(12-5-4-6-19-9-12)7-15(26(16)24-17)14-10-21-25(2)11-14/h4-11H,3H2,1-2H3,(H2,20,23,24,27). The first-order valence-electron chi connectivity index (χ1n) is 8.49. The highest BCUT2D eigenvalue weighted by Gasteiger charge is 2.14. The van der Waals surface area contributed by atoms with Crippen molar-refractivity contribution in [3.05, 3.63) is 49.1 Å². The number of carbonyl (C=O) groups excluding carboxylic acids is 1. The second kappa shape index (κ2) is 6.87. The first-order chi connectivity index (χ1) is 13.1. The minimum Gasteiger partial charge on any atom is -0.338 e. The quantitative estimate of drug-likeness (QED) is 0.580. The van der Waals surface area contributed by atoms with Crippen LogP contribution in [0.2, 0.25) is 0 Å². The van der Waals surface area contributed by atoms with Crippen molar-refractivity contribution in [2.45, 2.75) is 6.92 Å². The molecule has 0 unspecified atom stereocenters. The highest BCUT2D eigenvalue weighted by Crippen LogP contribution is 2.27. The lowest BCUT2D eigenvalue weighted by Crippen LogP contribution is -2.28. The van der Waals surface area contributed by atoms with E-state index in [0.29, 0.717) is 12.2 Å². The summed E-state index contributed by atoms with van der Waals surface area (Å²) >= 11 is 0. The topological polar surface area (TPSA) is 102 Å². The smallest absolute Gasteiger partial charge is 0.321 e. The van der Waals surface area contributed by atoms with Gasteiger partial charge in [0.1, 0.15) is 0 Å². The van der Waals surface area contributed by atoms with Crippen LogP contribution in [0.25, 0.3) is 28.0 Å². The van der Waals surface area contributed by atoms with Crippen molar-refractivity contribution in [1.29, 1.82) is 0 Å². The second-order valence-electron chi connectivity index (χ2n) is 5.96. The summed E-state index contributed by atoms with van der Waals surface area (Å²) in [6.45, 7) is 2.36. The Kier molecular flexibility index (Phi) is 4.25. The molecule has 27 heavy (non-hydrogen) atoms. The lowest BCUT2D eigenvalue weighted by molar-refractivity contribution is 0.252. The summed E-state index contributed by atoms with van der Waals surface area (Å²) in [6.07, 6.45) is 7.19. The molecule has 9 heteroatoms. The number of anilines is 1. The van der Waals surface area contributed by atoms with Gasteiger partial charge >= 0.3 is 6.03 Å². The third kappa shape index (κ3) is 3.34. The van der Waals surface area contributed by atoms with Crippen molar-refractivity contribution >= 4 is 17.6 Å². The monoisotopic (exact) mass is 362 g/mol. The molecular weight excluding hydrogens is 344 g/mol. The van der Waals surface area contributed by atoms with Crippen LogP contribution in [0.4, 0.5) is 10.7 Å². The average molecular weight is 362 g/mol. The molecule has 0 spiro atoms. The molecule has 136 valence electrons. The summed E-state index contributed by atoms with van der Waals surface area (Å²) in [5.74, 6) is 0.231. The lowest BCUT2D eigenvalue weighted by Gasteiger charge is -2.06. The summed E-state index contributed by atoms with van der Waals surface area (Å²) in [5.41, 5.74) is 4.23. The Bertz CT molecular complexity index is 1100. The number of urea groups is 1. The van der Waals surface area contributed by atoms with Crippen molar-refractivity contribution < 1.29 is 4.79 Å². The van der Waals surface area contributed by atoms with Crippen LogP contribution in [0.3, 0.4) is 0 Å². The molecular formula is C18H18N8O. The molecule has 0 aliphatic carbocycles. The fourth-order valence-electron chi connectivity index (χ4n) is 2.80. The Balaban J connectivity index is 1.86. The molecule has 0 saturated carbocycles. The Morgan fingerprint density at radius 1 is 1.19 bits per heavy atom. The predicted molar refractivity (Wildman–Crippen MR) is 101 cm³/mol. The van der Waals surface area contributed by atoms with Crippen molar-refractivity contribution in [3.63, 3.8) is 0 Å². The number of carbonyl (C=O) groups is 1. The van der Waals surface area contributed by atoms with E-state index in [2.05, 4.69) is 30.8 Å². The van der Waals surface area contributed by atoms with Gasteiger partial charge in [0, 0.05) is 43.3 Å². The number of nitrogens with one attached hydrogen (secondary N) is 2. The van der Waals surface area contributed by atoms with E-state index in [1.807, 2.05) is 44.4 Å². The predicted octanol–water partition coefficient (Wildman–Crippen LogP) is 2.33. The summed E-state index contributed by atoms with van der Waals surface area (Å²) in [4.78, 5) is 20.4. The van der Waals surface area contributed by atoms with Crippen LogP contribution in [0, 0.1) is 0 Å². The zero-order chi connectivity index (χ0) is 18.8. The molecule has 4 aromatic heterocycles. The highest BCUT2D eigenvalue weighted by atomic mass is 16.2. The van der Waals surface area contributed by atoms with Gasteiger partial charge in [0.15, 0.2) is 5.65 Å². The van der Waals surface area contributed by atoms with E-state index < -0.39 is 0 Å². The number of rotatable bonds is 4. The largest absolute Gasteiger partial charge is 0.338 e. The van der Waals surface area contributed by atoms with Gasteiger partial charge in [-0.05, 0) is 30.7 Å². The number of aromatic nitrogens is 6. The number of pyridine rings is 2. The second-order valence-corrected chi connectivity index (χ2v) is 5.96. The maximum absolute atomic E-state index is 11.8. The van der Waals surface area contributed by atoms with Gasteiger partial charge in [-0.1, -0.05) is 6.07 Å². The van der Waals surface area contributed by atoms with E-state index in [0.717, 1.165) is 22.4 Å². The third-order valence-electron chi connectivity index (χ3n) is 4.00. The first-order valence-corrected chi connectivity index (χ1v) is 8.49. The van der Waals surface area contributed by atoms with Crippen molar-refractivity contribution in [1.82, 2.24) is 34.7 Å². The molecule has 0 atom stereocenters. The summed E-state index contributed by atoms with van der Waals surface area (Å²) < 4.78 is 3.42. The van der Waals surface area contributed by atoms with E-state index in [9.17, 15) is 4.79 Å². The Morgan fingerprint density at radius 2 is 2.07 bits per heavy atom.